The van der Waals surface area contributed by atoms with Crippen LogP contribution in [0.15, 0.2) is 225 Å². The van der Waals surface area contributed by atoms with Crippen molar-refractivity contribution in [3.63, 3.8) is 0 Å². The Labute approximate surface area is 409 Å². The molecule has 0 N–H and O–H groups in total. The molecule has 0 amide bonds. The van der Waals surface area contributed by atoms with Crippen LogP contribution in [0.5, 0.6) is 5.75 Å². The normalized spacial score (nSPS) is 13.9. The number of ether oxygens (including phenoxy) is 1. The molecule has 12 aromatic rings. The van der Waals surface area contributed by atoms with Gasteiger partial charge in [-0.15, -0.1) is 0 Å². The van der Waals surface area contributed by atoms with Crippen molar-refractivity contribution in [2.45, 2.75) is 12.5 Å². The maximum Gasteiger partial charge on any atom is 0.164 e. The zero-order valence-electron chi connectivity index (χ0n) is 38.3. The van der Waals surface area contributed by atoms with Gasteiger partial charge in [0.15, 0.2) is 40.5 Å². The Hall–Kier alpha value is -9.60. The number of rotatable bonds is 8. The molecule has 334 valence electrons. The van der Waals surface area contributed by atoms with Crippen molar-refractivity contribution >= 4 is 21.8 Å². The molecule has 1 atom stereocenters. The zero-order chi connectivity index (χ0) is 47.3. The third-order valence-electron chi connectivity index (χ3n) is 13.2. The van der Waals surface area contributed by atoms with E-state index in [1.807, 2.05) is 121 Å². The van der Waals surface area contributed by atoms with Crippen LogP contribution in [-0.2, 0) is 5.60 Å². The molecule has 0 bridgehead atoms. The molecule has 1 aliphatic rings. The number of nitrogens with zero attached hydrogens (tertiary/aromatic N) is 8. The molecule has 4 aromatic heterocycles. The van der Waals surface area contributed by atoms with Crippen LogP contribution in [0.1, 0.15) is 18.1 Å². The Bertz CT molecular complexity index is 3840. The third-order valence-corrected chi connectivity index (χ3v) is 13.2. The summed E-state index contributed by atoms with van der Waals surface area (Å²) in [7, 11) is 0. The van der Waals surface area contributed by atoms with Gasteiger partial charge in [-0.1, -0.05) is 164 Å². The van der Waals surface area contributed by atoms with Crippen LogP contribution >= 0.6 is 0 Å². The second-order valence-electron chi connectivity index (χ2n) is 17.7. The molecule has 0 radical (unpaired) electrons. The topological polar surface area (TPSA) is 112 Å². The number of aromatic nitrogens is 8. The van der Waals surface area contributed by atoms with Crippen LogP contribution in [0, 0.1) is 0 Å². The quantitative estimate of drug-likeness (QED) is 0.147. The molecule has 1 unspecified atom stereocenters. The predicted octanol–water partition coefficient (Wildman–Crippen LogP) is 14.1. The van der Waals surface area contributed by atoms with Gasteiger partial charge in [-0.05, 0) is 77.7 Å². The first-order chi connectivity index (χ1) is 35.0. The minimum absolute atomic E-state index is 0.481. The average molecular weight is 913 g/mol. The van der Waals surface area contributed by atoms with Gasteiger partial charge in [0.25, 0.3) is 0 Å². The highest BCUT2D eigenvalue weighted by Gasteiger charge is 2.38. The summed E-state index contributed by atoms with van der Waals surface area (Å²) < 4.78 is 7.17. The number of fused-ring (bicyclic) bond motifs is 5. The summed E-state index contributed by atoms with van der Waals surface area (Å²) in [5.41, 5.74) is 12.0. The second kappa shape index (κ2) is 17.2. The fourth-order valence-electron chi connectivity index (χ4n) is 9.61. The molecule has 13 rings (SSSR count). The minimum atomic E-state index is -0.740. The largest absolute Gasteiger partial charge is 0.477 e. The van der Waals surface area contributed by atoms with Gasteiger partial charge in [-0.3, -0.25) is 9.97 Å². The molecule has 0 saturated heterocycles. The van der Waals surface area contributed by atoms with Crippen molar-refractivity contribution < 1.29 is 4.74 Å². The third kappa shape index (κ3) is 7.62. The summed E-state index contributed by atoms with van der Waals surface area (Å²) in [5, 5.41) is 2.01. The van der Waals surface area contributed by atoms with Gasteiger partial charge in [-0.2, -0.15) is 0 Å². The summed E-state index contributed by atoms with van der Waals surface area (Å²) in [6.45, 7) is 2.15. The van der Waals surface area contributed by atoms with E-state index in [1.54, 1.807) is 12.4 Å². The second-order valence-corrected chi connectivity index (χ2v) is 17.7. The highest BCUT2D eigenvalue weighted by molar-refractivity contribution is 5.90. The summed E-state index contributed by atoms with van der Waals surface area (Å²) in [6.07, 6.45) is 3.60. The van der Waals surface area contributed by atoms with Crippen molar-refractivity contribution in [2.75, 3.05) is 0 Å². The Kier molecular flexibility index (Phi) is 10.1. The highest BCUT2D eigenvalue weighted by Crippen LogP contribution is 2.50. The lowest BCUT2D eigenvalue weighted by molar-refractivity contribution is 0.129. The lowest BCUT2D eigenvalue weighted by Crippen LogP contribution is -2.34. The smallest absolute Gasteiger partial charge is 0.164 e. The van der Waals surface area contributed by atoms with Crippen LogP contribution in [0.3, 0.4) is 0 Å². The molecule has 0 spiro atoms. The molecular formula is C62H40N8O. The maximum atomic E-state index is 7.17. The molecule has 0 fully saturated rings. The Morgan fingerprint density at radius 2 is 0.845 bits per heavy atom. The Morgan fingerprint density at radius 3 is 1.55 bits per heavy atom. The van der Waals surface area contributed by atoms with E-state index in [0.717, 1.165) is 94.3 Å². The maximum absolute atomic E-state index is 7.17. The van der Waals surface area contributed by atoms with E-state index in [-0.39, 0.29) is 0 Å². The van der Waals surface area contributed by atoms with E-state index in [4.69, 9.17) is 34.6 Å². The number of hydrogen-bond donors (Lipinski definition) is 0. The first kappa shape index (κ1) is 41.6. The standard InChI is InChI=1S/C62H40N8O/c1-62(47-21-9-4-10-22-47)52-24-12-11-23-49(52)50-31-27-42(38-55(50)71-62)48-30-28-45(36-51(48)61-69-56(40-15-5-2-6-16-40)65-57(70-61)41-17-7-3-8-18-41)59-66-58(44-29-32-53-43(35-44)20-14-33-63-53)67-60(68-59)46-26-25-39-19-13-34-64-54(39)37-46/h2-38H,1H3. The van der Waals surface area contributed by atoms with Crippen LogP contribution in [0.2, 0.25) is 0 Å². The summed E-state index contributed by atoms with van der Waals surface area (Å²) in [6, 6.07) is 71.8. The molecule has 8 aromatic carbocycles. The van der Waals surface area contributed by atoms with Crippen LogP contribution in [-0.4, -0.2) is 39.9 Å². The van der Waals surface area contributed by atoms with Crippen molar-refractivity contribution in [3.8, 4) is 96.3 Å². The molecule has 0 aliphatic carbocycles. The molecule has 9 heteroatoms. The molecular weight excluding hydrogens is 873 g/mol. The van der Waals surface area contributed by atoms with E-state index < -0.39 is 5.60 Å². The lowest BCUT2D eigenvalue weighted by atomic mass is 9.80. The van der Waals surface area contributed by atoms with Gasteiger partial charge in [0.05, 0.1) is 11.0 Å². The van der Waals surface area contributed by atoms with Gasteiger partial charge in [0.2, 0.25) is 0 Å². The first-order valence-electron chi connectivity index (χ1n) is 23.5. The van der Waals surface area contributed by atoms with E-state index in [0.29, 0.717) is 34.9 Å². The van der Waals surface area contributed by atoms with Crippen LogP contribution in [0.4, 0.5) is 0 Å². The Balaban J connectivity index is 1.04. The Morgan fingerprint density at radius 1 is 0.324 bits per heavy atom. The summed E-state index contributed by atoms with van der Waals surface area (Å²) in [5.74, 6) is 3.88. The summed E-state index contributed by atoms with van der Waals surface area (Å²) in [4.78, 5) is 40.4. The number of pyridine rings is 2. The van der Waals surface area contributed by atoms with Gasteiger partial charge < -0.3 is 4.74 Å². The molecule has 5 heterocycles. The van der Waals surface area contributed by atoms with Crippen molar-refractivity contribution in [2.24, 2.45) is 0 Å². The van der Waals surface area contributed by atoms with E-state index in [2.05, 4.69) is 108 Å². The van der Waals surface area contributed by atoms with Gasteiger partial charge in [0.1, 0.15) is 5.75 Å². The fraction of sp³-hybridized carbons (Fsp3) is 0.0323. The molecule has 1 aliphatic heterocycles. The van der Waals surface area contributed by atoms with E-state index >= 15 is 0 Å². The first-order valence-corrected chi connectivity index (χ1v) is 23.5. The number of benzene rings is 8. The van der Waals surface area contributed by atoms with Gasteiger partial charge in [-0.25, -0.2) is 29.9 Å². The molecule has 0 saturated carbocycles. The van der Waals surface area contributed by atoms with Crippen molar-refractivity contribution in [1.29, 1.82) is 0 Å². The minimum Gasteiger partial charge on any atom is -0.477 e. The number of hydrogen-bond acceptors (Lipinski definition) is 9. The fourth-order valence-corrected chi connectivity index (χ4v) is 9.61. The summed E-state index contributed by atoms with van der Waals surface area (Å²) >= 11 is 0. The molecule has 9 nitrogen and oxygen atoms in total. The predicted molar refractivity (Wildman–Crippen MR) is 281 cm³/mol. The zero-order valence-corrected chi connectivity index (χ0v) is 38.3. The van der Waals surface area contributed by atoms with E-state index in [9.17, 15) is 0 Å². The van der Waals surface area contributed by atoms with Crippen LogP contribution < -0.4 is 4.74 Å². The van der Waals surface area contributed by atoms with Crippen molar-refractivity contribution in [1.82, 2.24) is 39.9 Å². The van der Waals surface area contributed by atoms with Crippen LogP contribution in [0.25, 0.3) is 112 Å². The average Bonchev–Trinajstić information content (AvgIpc) is 3.45. The van der Waals surface area contributed by atoms with Crippen molar-refractivity contribution in [3.05, 3.63) is 236 Å². The monoisotopic (exact) mass is 912 g/mol. The molecule has 71 heavy (non-hydrogen) atoms. The highest BCUT2D eigenvalue weighted by atomic mass is 16.5. The van der Waals surface area contributed by atoms with Gasteiger partial charge >= 0.3 is 0 Å². The lowest BCUT2D eigenvalue weighted by Gasteiger charge is -2.38. The van der Waals surface area contributed by atoms with Gasteiger partial charge in [0, 0.05) is 67.7 Å². The van der Waals surface area contributed by atoms with E-state index in [1.165, 1.54) is 0 Å². The SMILES string of the molecule is CC1(c2ccccc2)Oc2cc(-c3ccc(-c4nc(-c5ccc6ncccc6c5)nc(-c5ccc6cccnc6c5)n4)cc3-c3nc(-c4ccccc4)nc(-c4ccccc4)n3)ccc2-c2ccccc21.